The quantitative estimate of drug-likeness (QED) is 0.816. The summed E-state index contributed by atoms with van der Waals surface area (Å²) < 4.78 is 22.1. The van der Waals surface area contributed by atoms with Gasteiger partial charge in [-0.2, -0.15) is 0 Å². The maximum Gasteiger partial charge on any atom is 0.251 e. The zero-order chi connectivity index (χ0) is 18.5. The Morgan fingerprint density at radius 3 is 2.73 bits per heavy atom. The molecule has 0 bridgehead atoms. The zero-order valence-electron chi connectivity index (χ0n) is 15.0. The van der Waals surface area contributed by atoms with Crippen LogP contribution in [0, 0.1) is 0 Å². The summed E-state index contributed by atoms with van der Waals surface area (Å²) in [4.78, 5) is 25.8. The van der Waals surface area contributed by atoms with Crippen molar-refractivity contribution in [1.82, 2.24) is 10.2 Å². The van der Waals surface area contributed by atoms with Crippen LogP contribution in [0.25, 0.3) is 0 Å². The first-order valence-corrected chi connectivity index (χ1v) is 8.64. The number of fused-ring (bicyclic) bond motifs is 1. The van der Waals surface area contributed by atoms with Crippen molar-refractivity contribution in [2.45, 2.75) is 18.6 Å². The van der Waals surface area contributed by atoms with E-state index in [4.69, 9.17) is 18.9 Å². The highest BCUT2D eigenvalue weighted by molar-refractivity contribution is 5.95. The van der Waals surface area contributed by atoms with Crippen molar-refractivity contribution in [3.8, 4) is 11.5 Å². The van der Waals surface area contributed by atoms with Gasteiger partial charge in [0.2, 0.25) is 5.91 Å². The molecule has 2 amide bonds. The fourth-order valence-corrected chi connectivity index (χ4v) is 2.78. The van der Waals surface area contributed by atoms with Crippen LogP contribution in [0.2, 0.25) is 0 Å². The minimum atomic E-state index is -0.367. The smallest absolute Gasteiger partial charge is 0.251 e. The normalized spacial score (nSPS) is 21.8. The minimum Gasteiger partial charge on any atom is -0.486 e. The number of likely N-dealkylation sites (N-methyl/N-ethyl adjacent to an activating group) is 1. The Morgan fingerprint density at radius 1 is 1.19 bits per heavy atom. The maximum atomic E-state index is 12.6. The lowest BCUT2D eigenvalue weighted by molar-refractivity contribution is -0.140. The lowest BCUT2D eigenvalue weighted by atomic mass is 10.0. The van der Waals surface area contributed by atoms with Crippen molar-refractivity contribution in [3.63, 3.8) is 0 Å². The van der Waals surface area contributed by atoms with Crippen molar-refractivity contribution >= 4 is 11.8 Å². The lowest BCUT2D eigenvalue weighted by Gasteiger charge is -2.32. The Labute approximate surface area is 152 Å². The summed E-state index contributed by atoms with van der Waals surface area (Å²) in [6.45, 7) is 1.80. The van der Waals surface area contributed by atoms with Gasteiger partial charge in [0.15, 0.2) is 11.5 Å². The third kappa shape index (κ3) is 4.44. The second kappa shape index (κ2) is 8.37. The average Bonchev–Trinajstić information content (AvgIpc) is 2.66. The highest BCUT2D eigenvalue weighted by Crippen LogP contribution is 2.30. The van der Waals surface area contributed by atoms with Crippen LogP contribution in [0.5, 0.6) is 11.5 Å². The van der Waals surface area contributed by atoms with E-state index in [-0.39, 0.29) is 30.6 Å². The summed E-state index contributed by atoms with van der Waals surface area (Å²) in [7, 11) is 3.34. The summed E-state index contributed by atoms with van der Waals surface area (Å²) in [5.74, 6) is 0.858. The van der Waals surface area contributed by atoms with Gasteiger partial charge in [0.25, 0.3) is 5.91 Å². The predicted octanol–water partition coefficient (Wildman–Crippen LogP) is 0.450. The fraction of sp³-hybridized carbons (Fsp3) is 0.556. The monoisotopic (exact) mass is 364 g/mol. The van der Waals surface area contributed by atoms with Gasteiger partial charge in [-0.1, -0.05) is 0 Å². The molecule has 0 saturated carbocycles. The molecule has 8 heteroatoms. The first-order valence-electron chi connectivity index (χ1n) is 8.64. The van der Waals surface area contributed by atoms with E-state index in [1.165, 1.54) is 4.90 Å². The summed E-state index contributed by atoms with van der Waals surface area (Å²) in [6.07, 6.45) is 0.255. The van der Waals surface area contributed by atoms with Gasteiger partial charge in [-0.25, -0.2) is 0 Å². The average molecular weight is 364 g/mol. The number of nitrogens with one attached hydrogen (secondary N) is 1. The van der Waals surface area contributed by atoms with E-state index >= 15 is 0 Å². The molecule has 2 atom stereocenters. The van der Waals surface area contributed by atoms with Gasteiger partial charge in [0.05, 0.1) is 12.6 Å². The largest absolute Gasteiger partial charge is 0.486 e. The van der Waals surface area contributed by atoms with Crippen LogP contribution in [0.1, 0.15) is 16.8 Å². The molecular weight excluding hydrogens is 340 g/mol. The van der Waals surface area contributed by atoms with E-state index in [1.54, 1.807) is 32.3 Å². The molecular formula is C18H24N2O6. The SMILES string of the molecule is CN(C)C(=O)COC1COCCC1NC(=O)c1ccc2c(c1)OCCO2. The number of carbonyl (C=O) groups is 2. The molecule has 1 saturated heterocycles. The topological polar surface area (TPSA) is 86.3 Å². The molecule has 142 valence electrons. The Kier molecular flexibility index (Phi) is 5.95. The van der Waals surface area contributed by atoms with E-state index in [0.29, 0.717) is 49.9 Å². The van der Waals surface area contributed by atoms with Crippen molar-refractivity contribution < 1.29 is 28.5 Å². The van der Waals surface area contributed by atoms with Crippen LogP contribution in [0.15, 0.2) is 18.2 Å². The van der Waals surface area contributed by atoms with Crippen LogP contribution >= 0.6 is 0 Å². The molecule has 1 N–H and O–H groups in total. The van der Waals surface area contributed by atoms with Gasteiger partial charge < -0.3 is 29.2 Å². The van der Waals surface area contributed by atoms with E-state index in [0.717, 1.165) is 0 Å². The number of ether oxygens (including phenoxy) is 4. The predicted molar refractivity (Wildman–Crippen MR) is 92.6 cm³/mol. The molecule has 1 fully saturated rings. The second-order valence-corrected chi connectivity index (χ2v) is 6.44. The van der Waals surface area contributed by atoms with Gasteiger partial charge in [0, 0.05) is 26.3 Å². The maximum absolute atomic E-state index is 12.6. The molecule has 0 aliphatic carbocycles. The van der Waals surface area contributed by atoms with Crippen LogP contribution in [-0.4, -0.2) is 76.0 Å². The van der Waals surface area contributed by atoms with Crippen LogP contribution in [0.4, 0.5) is 0 Å². The summed E-state index contributed by atoms with van der Waals surface area (Å²) >= 11 is 0. The Balaban J connectivity index is 1.61. The van der Waals surface area contributed by atoms with Crippen LogP contribution < -0.4 is 14.8 Å². The molecule has 2 unspecified atom stereocenters. The van der Waals surface area contributed by atoms with Gasteiger partial charge in [-0.15, -0.1) is 0 Å². The van der Waals surface area contributed by atoms with Crippen molar-refractivity contribution in [3.05, 3.63) is 23.8 Å². The minimum absolute atomic E-state index is 0.0442. The Bertz CT molecular complexity index is 663. The first-order chi connectivity index (χ1) is 12.5. The summed E-state index contributed by atoms with van der Waals surface area (Å²) in [6, 6.07) is 4.89. The number of amides is 2. The third-order valence-corrected chi connectivity index (χ3v) is 4.34. The molecule has 2 aliphatic heterocycles. The Hall–Kier alpha value is -2.32. The molecule has 2 heterocycles. The van der Waals surface area contributed by atoms with E-state index < -0.39 is 0 Å². The number of carbonyl (C=O) groups excluding carboxylic acids is 2. The zero-order valence-corrected chi connectivity index (χ0v) is 15.0. The standard InChI is InChI=1S/C18H24N2O6/c1-20(2)17(21)11-26-16-10-23-6-5-13(16)19-18(22)12-3-4-14-15(9-12)25-8-7-24-14/h3-4,9,13,16H,5-8,10-11H2,1-2H3,(H,19,22). The molecule has 0 aromatic heterocycles. The highest BCUT2D eigenvalue weighted by Gasteiger charge is 2.29. The van der Waals surface area contributed by atoms with E-state index in [9.17, 15) is 9.59 Å². The molecule has 1 aromatic rings. The molecule has 26 heavy (non-hydrogen) atoms. The van der Waals surface area contributed by atoms with Crippen molar-refractivity contribution in [1.29, 1.82) is 0 Å². The Morgan fingerprint density at radius 2 is 1.96 bits per heavy atom. The lowest BCUT2D eigenvalue weighted by Crippen LogP contribution is -2.50. The van der Waals surface area contributed by atoms with E-state index in [2.05, 4.69) is 5.32 Å². The number of rotatable bonds is 5. The number of hydrogen-bond donors (Lipinski definition) is 1. The van der Waals surface area contributed by atoms with Crippen molar-refractivity contribution in [2.24, 2.45) is 0 Å². The molecule has 0 spiro atoms. The van der Waals surface area contributed by atoms with Gasteiger partial charge in [-0.05, 0) is 24.6 Å². The molecule has 1 aromatic carbocycles. The van der Waals surface area contributed by atoms with Crippen LogP contribution in [-0.2, 0) is 14.3 Å². The molecule has 0 radical (unpaired) electrons. The van der Waals surface area contributed by atoms with Crippen molar-refractivity contribution in [2.75, 3.05) is 47.1 Å². The molecule has 3 rings (SSSR count). The van der Waals surface area contributed by atoms with Gasteiger partial charge in [-0.3, -0.25) is 9.59 Å². The van der Waals surface area contributed by atoms with Gasteiger partial charge >= 0.3 is 0 Å². The summed E-state index contributed by atoms with van der Waals surface area (Å²) in [5, 5.41) is 2.98. The van der Waals surface area contributed by atoms with Gasteiger partial charge in [0.1, 0.15) is 25.9 Å². The fourth-order valence-electron chi connectivity index (χ4n) is 2.78. The number of nitrogens with zero attached hydrogens (tertiary/aromatic N) is 1. The first kappa shape index (κ1) is 18.5. The number of benzene rings is 1. The number of hydrogen-bond acceptors (Lipinski definition) is 6. The third-order valence-electron chi connectivity index (χ3n) is 4.34. The highest BCUT2D eigenvalue weighted by atomic mass is 16.6. The second-order valence-electron chi connectivity index (χ2n) is 6.44. The molecule has 2 aliphatic rings. The molecule has 8 nitrogen and oxygen atoms in total. The van der Waals surface area contributed by atoms with E-state index in [1.807, 2.05) is 0 Å². The van der Waals surface area contributed by atoms with Crippen LogP contribution in [0.3, 0.4) is 0 Å². The summed E-state index contributed by atoms with van der Waals surface area (Å²) in [5.41, 5.74) is 0.490.